The summed E-state index contributed by atoms with van der Waals surface area (Å²) in [5, 5.41) is 18.9. The zero-order valence-electron chi connectivity index (χ0n) is 6.41. The fourth-order valence-electron chi connectivity index (χ4n) is 1.15. The van der Waals surface area contributed by atoms with E-state index in [-0.39, 0.29) is 5.75 Å². The largest absolute Gasteiger partial charge is 0.508 e. The maximum atomic E-state index is 9.28. The number of hydrogen-bond acceptors (Lipinski definition) is 3. The molecular formula is C9H4BrNOS. The zero-order valence-corrected chi connectivity index (χ0v) is 8.82. The highest BCUT2D eigenvalue weighted by atomic mass is 79.9. The van der Waals surface area contributed by atoms with Gasteiger partial charge in [0.05, 0.1) is 4.70 Å². The van der Waals surface area contributed by atoms with Crippen molar-refractivity contribution >= 4 is 37.4 Å². The average molecular weight is 254 g/mol. The molecule has 0 bridgehead atoms. The van der Waals surface area contributed by atoms with Crippen LogP contribution in [0.2, 0.25) is 0 Å². The molecule has 1 aromatic carbocycles. The van der Waals surface area contributed by atoms with E-state index in [0.717, 1.165) is 14.6 Å². The van der Waals surface area contributed by atoms with Crippen LogP contribution in [-0.2, 0) is 0 Å². The number of nitriles is 1. The molecule has 2 nitrogen and oxygen atoms in total. The molecule has 0 aliphatic heterocycles. The fourth-order valence-corrected chi connectivity index (χ4v) is 2.70. The number of halogens is 1. The van der Waals surface area contributed by atoms with Crippen molar-refractivity contribution in [1.29, 1.82) is 5.26 Å². The normalized spacial score (nSPS) is 10.2. The number of aromatic hydroxyl groups is 1. The van der Waals surface area contributed by atoms with E-state index < -0.39 is 0 Å². The minimum absolute atomic E-state index is 0.210. The number of phenols is 1. The maximum absolute atomic E-state index is 9.28. The summed E-state index contributed by atoms with van der Waals surface area (Å²) in [5.41, 5.74) is 0. The molecule has 0 fully saturated rings. The van der Waals surface area contributed by atoms with Gasteiger partial charge in [-0.2, -0.15) is 5.26 Å². The zero-order chi connectivity index (χ0) is 9.42. The number of benzene rings is 1. The van der Waals surface area contributed by atoms with Crippen LogP contribution in [-0.4, -0.2) is 5.11 Å². The van der Waals surface area contributed by atoms with Gasteiger partial charge in [0.1, 0.15) is 16.7 Å². The smallest absolute Gasteiger partial charge is 0.117 e. The standard InChI is InChI=1S/C9H4BrNOS/c10-8-3-6(12)1-5-2-7(4-11)13-9(5)8/h1-3,12H. The predicted octanol–water partition coefficient (Wildman–Crippen LogP) is 3.24. The molecule has 2 rings (SSSR count). The highest BCUT2D eigenvalue weighted by Gasteiger charge is 2.05. The van der Waals surface area contributed by atoms with E-state index in [4.69, 9.17) is 5.26 Å². The fraction of sp³-hybridized carbons (Fsp3) is 0. The molecule has 13 heavy (non-hydrogen) atoms. The summed E-state index contributed by atoms with van der Waals surface area (Å²) in [6.07, 6.45) is 0. The minimum Gasteiger partial charge on any atom is -0.508 e. The molecule has 0 saturated carbocycles. The summed E-state index contributed by atoms with van der Waals surface area (Å²) in [6.45, 7) is 0. The van der Waals surface area contributed by atoms with Gasteiger partial charge in [-0.15, -0.1) is 11.3 Å². The van der Waals surface area contributed by atoms with Gasteiger partial charge in [0.25, 0.3) is 0 Å². The number of phenolic OH excluding ortho intramolecular Hbond substituents is 1. The monoisotopic (exact) mass is 253 g/mol. The molecule has 0 unspecified atom stereocenters. The first-order valence-electron chi connectivity index (χ1n) is 3.53. The minimum atomic E-state index is 0.210. The molecule has 1 N–H and O–H groups in total. The molecule has 0 spiro atoms. The summed E-state index contributed by atoms with van der Waals surface area (Å²) in [6, 6.07) is 7.12. The van der Waals surface area contributed by atoms with Gasteiger partial charge >= 0.3 is 0 Å². The summed E-state index contributed by atoms with van der Waals surface area (Å²) in [4.78, 5) is 0.654. The van der Waals surface area contributed by atoms with Gasteiger partial charge in [-0.3, -0.25) is 0 Å². The summed E-state index contributed by atoms with van der Waals surface area (Å²) >= 11 is 4.74. The molecule has 0 radical (unpaired) electrons. The van der Waals surface area contributed by atoms with Crippen LogP contribution in [0.1, 0.15) is 4.88 Å². The number of fused-ring (bicyclic) bond motifs is 1. The molecule has 1 aromatic heterocycles. The molecule has 0 atom stereocenters. The lowest BCUT2D eigenvalue weighted by Gasteiger charge is -1.94. The second-order valence-corrected chi connectivity index (χ2v) is 4.47. The molecule has 64 valence electrons. The van der Waals surface area contributed by atoms with Crippen LogP contribution >= 0.6 is 27.3 Å². The van der Waals surface area contributed by atoms with Crippen molar-refractivity contribution in [2.45, 2.75) is 0 Å². The van der Waals surface area contributed by atoms with Crippen LogP contribution in [0.4, 0.5) is 0 Å². The van der Waals surface area contributed by atoms with Crippen LogP contribution in [0.25, 0.3) is 10.1 Å². The first-order chi connectivity index (χ1) is 6.20. The van der Waals surface area contributed by atoms with Crippen molar-refractivity contribution in [3.05, 3.63) is 27.5 Å². The van der Waals surface area contributed by atoms with E-state index in [9.17, 15) is 5.11 Å². The molecule has 0 aliphatic carbocycles. The number of hydrogen-bond donors (Lipinski definition) is 1. The van der Waals surface area contributed by atoms with E-state index >= 15 is 0 Å². The SMILES string of the molecule is N#Cc1cc2cc(O)cc(Br)c2s1. The van der Waals surface area contributed by atoms with Crippen molar-refractivity contribution in [3.63, 3.8) is 0 Å². The Hall–Kier alpha value is -1.05. The second kappa shape index (κ2) is 3.02. The van der Waals surface area contributed by atoms with Gasteiger partial charge < -0.3 is 5.11 Å². The molecule has 0 amide bonds. The van der Waals surface area contributed by atoms with Gasteiger partial charge in [0, 0.05) is 4.47 Å². The molecule has 2 aromatic rings. The van der Waals surface area contributed by atoms with E-state index in [1.54, 1.807) is 18.2 Å². The predicted molar refractivity (Wildman–Crippen MR) is 55.9 cm³/mol. The molecular weight excluding hydrogens is 250 g/mol. The van der Waals surface area contributed by atoms with Crippen molar-refractivity contribution in [3.8, 4) is 11.8 Å². The average Bonchev–Trinajstić information content (AvgIpc) is 2.47. The van der Waals surface area contributed by atoms with Gasteiger partial charge in [0.2, 0.25) is 0 Å². The summed E-state index contributed by atoms with van der Waals surface area (Å²) in [5.74, 6) is 0.210. The van der Waals surface area contributed by atoms with Crippen LogP contribution in [0.15, 0.2) is 22.7 Å². The van der Waals surface area contributed by atoms with Crippen molar-refractivity contribution in [1.82, 2.24) is 0 Å². The molecule has 0 saturated heterocycles. The highest BCUT2D eigenvalue weighted by Crippen LogP contribution is 2.34. The quantitative estimate of drug-likeness (QED) is 0.784. The number of nitrogens with zero attached hydrogens (tertiary/aromatic N) is 1. The first-order valence-corrected chi connectivity index (χ1v) is 5.14. The highest BCUT2D eigenvalue weighted by molar-refractivity contribution is 9.10. The molecule has 0 aliphatic rings. The van der Waals surface area contributed by atoms with Gasteiger partial charge in [-0.25, -0.2) is 0 Å². The second-order valence-electron chi connectivity index (χ2n) is 2.57. The van der Waals surface area contributed by atoms with Crippen LogP contribution in [0, 0.1) is 11.3 Å². The van der Waals surface area contributed by atoms with Crippen LogP contribution in [0.5, 0.6) is 5.75 Å². The van der Waals surface area contributed by atoms with E-state index in [1.807, 2.05) is 0 Å². The van der Waals surface area contributed by atoms with E-state index in [2.05, 4.69) is 22.0 Å². The maximum Gasteiger partial charge on any atom is 0.117 e. The van der Waals surface area contributed by atoms with Gasteiger partial charge in [-0.1, -0.05) is 0 Å². The number of rotatable bonds is 0. The third kappa shape index (κ3) is 1.41. The van der Waals surface area contributed by atoms with Gasteiger partial charge in [0.15, 0.2) is 0 Å². The first kappa shape index (κ1) is 8.54. The Morgan fingerprint density at radius 2 is 2.15 bits per heavy atom. The third-order valence-electron chi connectivity index (χ3n) is 1.67. The van der Waals surface area contributed by atoms with Crippen LogP contribution in [0.3, 0.4) is 0 Å². The Morgan fingerprint density at radius 3 is 2.85 bits per heavy atom. The Kier molecular flexibility index (Phi) is 1.98. The Morgan fingerprint density at radius 1 is 1.38 bits per heavy atom. The van der Waals surface area contributed by atoms with Crippen LogP contribution < -0.4 is 0 Å². The van der Waals surface area contributed by atoms with E-state index in [1.165, 1.54) is 11.3 Å². The third-order valence-corrected chi connectivity index (χ3v) is 3.64. The lowest BCUT2D eigenvalue weighted by atomic mass is 10.2. The lowest BCUT2D eigenvalue weighted by molar-refractivity contribution is 0.476. The Bertz CT molecular complexity index is 512. The van der Waals surface area contributed by atoms with Gasteiger partial charge in [-0.05, 0) is 39.5 Å². The molecule has 4 heteroatoms. The van der Waals surface area contributed by atoms with Crippen molar-refractivity contribution in [2.24, 2.45) is 0 Å². The van der Waals surface area contributed by atoms with E-state index in [0.29, 0.717) is 4.88 Å². The topological polar surface area (TPSA) is 44.0 Å². The Labute approximate surface area is 87.2 Å². The van der Waals surface area contributed by atoms with Crippen molar-refractivity contribution < 1.29 is 5.11 Å². The summed E-state index contributed by atoms with van der Waals surface area (Å²) in [7, 11) is 0. The lowest BCUT2D eigenvalue weighted by Crippen LogP contribution is -1.66. The Balaban J connectivity index is 2.84. The summed E-state index contributed by atoms with van der Waals surface area (Å²) < 4.78 is 1.82. The number of thiophene rings is 1. The molecule has 1 heterocycles. The van der Waals surface area contributed by atoms with Crippen molar-refractivity contribution in [2.75, 3.05) is 0 Å².